The molecule has 0 aliphatic rings. The van der Waals surface area contributed by atoms with Crippen LogP contribution in [0.15, 0.2) is 46.2 Å². The van der Waals surface area contributed by atoms with Crippen molar-refractivity contribution in [1.29, 1.82) is 0 Å². The predicted molar refractivity (Wildman–Crippen MR) is 98.1 cm³/mol. The van der Waals surface area contributed by atoms with Gasteiger partial charge in [0.25, 0.3) is 0 Å². The van der Waals surface area contributed by atoms with Gasteiger partial charge in [0.15, 0.2) is 5.13 Å². The maximum atomic E-state index is 12.0. The summed E-state index contributed by atoms with van der Waals surface area (Å²) >= 11 is 1.41. The van der Waals surface area contributed by atoms with Crippen LogP contribution in [0.25, 0.3) is 17.3 Å². The van der Waals surface area contributed by atoms with Crippen molar-refractivity contribution in [2.75, 3.05) is 5.32 Å². The Morgan fingerprint density at radius 2 is 2.04 bits per heavy atom. The van der Waals surface area contributed by atoms with Gasteiger partial charge in [-0.3, -0.25) is 10.1 Å². The third-order valence-corrected chi connectivity index (χ3v) is 4.31. The molecule has 2 heterocycles. The zero-order valence-corrected chi connectivity index (χ0v) is 14.6. The van der Waals surface area contributed by atoms with E-state index in [2.05, 4.69) is 42.3 Å². The molecular weight excluding hydrogens is 320 g/mol. The van der Waals surface area contributed by atoms with Crippen molar-refractivity contribution in [3.05, 3.63) is 64.4 Å². The van der Waals surface area contributed by atoms with Crippen molar-refractivity contribution < 1.29 is 9.21 Å². The van der Waals surface area contributed by atoms with Crippen LogP contribution < -0.4 is 5.32 Å². The van der Waals surface area contributed by atoms with E-state index in [-0.39, 0.29) is 5.91 Å². The number of benzene rings is 1. The van der Waals surface area contributed by atoms with E-state index in [1.54, 1.807) is 6.08 Å². The Kier molecular flexibility index (Phi) is 4.62. The highest BCUT2D eigenvalue weighted by molar-refractivity contribution is 7.14. The second-order valence-electron chi connectivity index (χ2n) is 5.63. The highest BCUT2D eigenvalue weighted by Gasteiger charge is 2.08. The summed E-state index contributed by atoms with van der Waals surface area (Å²) < 4.78 is 5.39. The highest BCUT2D eigenvalue weighted by atomic mass is 32.1. The quantitative estimate of drug-likeness (QED) is 0.683. The zero-order valence-electron chi connectivity index (χ0n) is 13.8. The number of rotatable bonds is 4. The van der Waals surface area contributed by atoms with Crippen molar-refractivity contribution in [1.82, 2.24) is 4.98 Å². The van der Waals surface area contributed by atoms with Crippen LogP contribution in [0.3, 0.4) is 0 Å². The summed E-state index contributed by atoms with van der Waals surface area (Å²) in [5, 5.41) is 5.31. The number of hydrogen-bond donors (Lipinski definition) is 1. The molecule has 0 saturated carbocycles. The molecule has 0 aliphatic heterocycles. The first-order valence-electron chi connectivity index (χ1n) is 7.60. The number of aromatic nitrogens is 1. The van der Waals surface area contributed by atoms with Crippen LogP contribution >= 0.6 is 11.3 Å². The van der Waals surface area contributed by atoms with Gasteiger partial charge in [-0.2, -0.15) is 0 Å². The molecule has 5 heteroatoms. The van der Waals surface area contributed by atoms with Crippen molar-refractivity contribution in [2.24, 2.45) is 0 Å². The molecular formula is C19H18N2O2S. The number of nitrogens with one attached hydrogen (secondary N) is 1. The lowest BCUT2D eigenvalue weighted by Crippen LogP contribution is -2.07. The molecule has 0 atom stereocenters. The Labute approximate surface area is 144 Å². The summed E-state index contributed by atoms with van der Waals surface area (Å²) in [4.78, 5) is 16.5. The average molecular weight is 338 g/mol. The SMILES string of the molecule is Cc1ccc(-c2csc(NC(=O)/C=C/c3ccc(C)o3)n2)c(C)c1. The molecule has 0 radical (unpaired) electrons. The molecule has 0 saturated heterocycles. The Morgan fingerprint density at radius 1 is 1.21 bits per heavy atom. The Bertz CT molecular complexity index is 906. The van der Waals surface area contributed by atoms with E-state index in [1.807, 2.05) is 24.4 Å². The summed E-state index contributed by atoms with van der Waals surface area (Å²) in [6, 6.07) is 9.93. The maximum absolute atomic E-state index is 12.0. The minimum Gasteiger partial charge on any atom is -0.462 e. The van der Waals surface area contributed by atoms with Gasteiger partial charge >= 0.3 is 0 Å². The second kappa shape index (κ2) is 6.84. The van der Waals surface area contributed by atoms with E-state index in [4.69, 9.17) is 4.42 Å². The Hall–Kier alpha value is -2.66. The van der Waals surface area contributed by atoms with Gasteiger partial charge in [0.1, 0.15) is 11.5 Å². The number of hydrogen-bond acceptors (Lipinski definition) is 4. The van der Waals surface area contributed by atoms with Gasteiger partial charge in [0.2, 0.25) is 5.91 Å². The molecule has 122 valence electrons. The standard InChI is InChI=1S/C19H18N2O2S/c1-12-4-8-16(13(2)10-12)17-11-24-19(20-17)21-18(22)9-7-15-6-5-14(3)23-15/h4-11H,1-3H3,(H,20,21,22)/b9-7+. The molecule has 0 spiro atoms. The van der Waals surface area contributed by atoms with E-state index in [0.717, 1.165) is 17.0 Å². The molecule has 24 heavy (non-hydrogen) atoms. The fourth-order valence-corrected chi connectivity index (χ4v) is 3.12. The van der Waals surface area contributed by atoms with Crippen LogP contribution in [0.4, 0.5) is 5.13 Å². The molecule has 2 aromatic heterocycles. The fourth-order valence-electron chi connectivity index (χ4n) is 2.40. The fraction of sp³-hybridized carbons (Fsp3) is 0.158. The van der Waals surface area contributed by atoms with E-state index < -0.39 is 0 Å². The van der Waals surface area contributed by atoms with Crippen molar-refractivity contribution >= 4 is 28.5 Å². The number of carbonyl (C=O) groups is 1. The number of aryl methyl sites for hydroxylation is 3. The number of furan rings is 1. The minimum absolute atomic E-state index is 0.231. The largest absolute Gasteiger partial charge is 0.462 e. The van der Waals surface area contributed by atoms with Gasteiger partial charge in [-0.25, -0.2) is 4.98 Å². The first kappa shape index (κ1) is 16.2. The molecule has 0 bridgehead atoms. The van der Waals surface area contributed by atoms with Gasteiger partial charge < -0.3 is 4.42 Å². The average Bonchev–Trinajstić information content (AvgIpc) is 3.14. The van der Waals surface area contributed by atoms with Crippen LogP contribution in [0.2, 0.25) is 0 Å². The smallest absolute Gasteiger partial charge is 0.250 e. The van der Waals surface area contributed by atoms with Crippen LogP contribution in [-0.4, -0.2) is 10.9 Å². The molecule has 0 unspecified atom stereocenters. The highest BCUT2D eigenvalue weighted by Crippen LogP contribution is 2.28. The predicted octanol–water partition coefficient (Wildman–Crippen LogP) is 4.98. The summed E-state index contributed by atoms with van der Waals surface area (Å²) in [5.41, 5.74) is 4.35. The zero-order chi connectivity index (χ0) is 17.1. The number of thiazole rings is 1. The van der Waals surface area contributed by atoms with Gasteiger partial charge in [-0.15, -0.1) is 11.3 Å². The molecule has 3 rings (SSSR count). The Balaban J connectivity index is 1.69. The van der Waals surface area contributed by atoms with E-state index in [9.17, 15) is 4.79 Å². The molecule has 1 aromatic carbocycles. The van der Waals surface area contributed by atoms with Crippen LogP contribution in [-0.2, 0) is 4.79 Å². The van der Waals surface area contributed by atoms with Crippen LogP contribution in [0, 0.1) is 20.8 Å². The molecule has 3 aromatic rings. The van der Waals surface area contributed by atoms with E-state index in [1.165, 1.54) is 28.5 Å². The first-order chi connectivity index (χ1) is 11.5. The lowest BCUT2D eigenvalue weighted by molar-refractivity contribution is -0.111. The van der Waals surface area contributed by atoms with E-state index >= 15 is 0 Å². The summed E-state index contributed by atoms with van der Waals surface area (Å²) in [6.45, 7) is 5.99. The molecule has 4 nitrogen and oxygen atoms in total. The third-order valence-electron chi connectivity index (χ3n) is 3.55. The summed E-state index contributed by atoms with van der Waals surface area (Å²) in [5.74, 6) is 1.23. The number of anilines is 1. The summed E-state index contributed by atoms with van der Waals surface area (Å²) in [6.07, 6.45) is 3.08. The van der Waals surface area contributed by atoms with E-state index in [0.29, 0.717) is 10.9 Å². The first-order valence-corrected chi connectivity index (χ1v) is 8.48. The second-order valence-corrected chi connectivity index (χ2v) is 6.49. The van der Waals surface area contributed by atoms with Crippen molar-refractivity contribution in [3.63, 3.8) is 0 Å². The van der Waals surface area contributed by atoms with Gasteiger partial charge in [-0.1, -0.05) is 23.8 Å². The topological polar surface area (TPSA) is 55.1 Å². The number of amides is 1. The van der Waals surface area contributed by atoms with Crippen LogP contribution in [0.1, 0.15) is 22.6 Å². The lowest BCUT2D eigenvalue weighted by atomic mass is 10.0. The molecule has 1 amide bonds. The van der Waals surface area contributed by atoms with Gasteiger partial charge in [0, 0.05) is 17.0 Å². The van der Waals surface area contributed by atoms with Crippen molar-refractivity contribution in [2.45, 2.75) is 20.8 Å². The number of carbonyl (C=O) groups excluding carboxylic acids is 1. The maximum Gasteiger partial charge on any atom is 0.250 e. The van der Waals surface area contributed by atoms with Crippen LogP contribution in [0.5, 0.6) is 0 Å². The number of nitrogens with zero attached hydrogens (tertiary/aromatic N) is 1. The Morgan fingerprint density at radius 3 is 2.75 bits per heavy atom. The minimum atomic E-state index is -0.231. The lowest BCUT2D eigenvalue weighted by Gasteiger charge is -2.03. The molecule has 0 aliphatic carbocycles. The molecule has 0 fully saturated rings. The monoisotopic (exact) mass is 338 g/mol. The molecule has 1 N–H and O–H groups in total. The van der Waals surface area contributed by atoms with Gasteiger partial charge in [0.05, 0.1) is 5.69 Å². The normalized spacial score (nSPS) is 11.1. The third kappa shape index (κ3) is 3.81. The van der Waals surface area contributed by atoms with Crippen molar-refractivity contribution in [3.8, 4) is 11.3 Å². The van der Waals surface area contributed by atoms with Gasteiger partial charge in [-0.05, 0) is 44.5 Å². The summed E-state index contributed by atoms with van der Waals surface area (Å²) in [7, 11) is 0.